The van der Waals surface area contributed by atoms with Crippen molar-refractivity contribution in [3.05, 3.63) is 30.3 Å². The van der Waals surface area contributed by atoms with Crippen molar-refractivity contribution in [3.63, 3.8) is 0 Å². The highest BCUT2D eigenvalue weighted by atomic mass is 16.5. The summed E-state index contributed by atoms with van der Waals surface area (Å²) in [4.78, 5) is 9.36. The fourth-order valence-corrected chi connectivity index (χ4v) is 3.43. The van der Waals surface area contributed by atoms with E-state index in [0.29, 0.717) is 12.5 Å². The lowest BCUT2D eigenvalue weighted by molar-refractivity contribution is 0.118. The monoisotopic (exact) mass is 345 g/mol. The second-order valence-corrected chi connectivity index (χ2v) is 6.81. The summed E-state index contributed by atoms with van der Waals surface area (Å²) in [5, 5.41) is 3.22. The van der Waals surface area contributed by atoms with E-state index in [1.807, 2.05) is 0 Å². The van der Waals surface area contributed by atoms with Gasteiger partial charge in [0, 0.05) is 45.0 Å². The summed E-state index contributed by atoms with van der Waals surface area (Å²) in [6.07, 6.45) is 3.60. The molecule has 0 bridgehead atoms. The number of benzene rings is 1. The van der Waals surface area contributed by atoms with E-state index < -0.39 is 0 Å². The minimum Gasteiger partial charge on any atom is -0.376 e. The molecule has 2 heterocycles. The zero-order valence-corrected chi connectivity index (χ0v) is 15.1. The van der Waals surface area contributed by atoms with Crippen LogP contribution < -0.4 is 16.0 Å². The van der Waals surface area contributed by atoms with Gasteiger partial charge in [0.2, 0.25) is 0 Å². The second kappa shape index (κ2) is 9.63. The maximum Gasteiger partial charge on any atom is 0.188 e. The van der Waals surface area contributed by atoms with E-state index in [1.165, 1.54) is 5.69 Å². The molecule has 2 saturated heterocycles. The molecular formula is C19H31N5O. The molecule has 2 aliphatic rings. The Labute approximate surface area is 151 Å². The Hall–Kier alpha value is -1.79. The molecule has 1 unspecified atom stereocenters. The molecule has 0 spiro atoms. The van der Waals surface area contributed by atoms with Gasteiger partial charge in [0.05, 0.1) is 12.6 Å². The van der Waals surface area contributed by atoms with Crippen LogP contribution in [0.15, 0.2) is 35.3 Å². The number of nitrogens with zero attached hydrogens (tertiary/aromatic N) is 3. The normalized spacial score (nSPS) is 22.3. The number of nitrogens with one attached hydrogen (secondary N) is 1. The van der Waals surface area contributed by atoms with Gasteiger partial charge in [0.15, 0.2) is 5.96 Å². The minimum absolute atomic E-state index is 0.265. The maximum absolute atomic E-state index is 5.92. The molecule has 2 fully saturated rings. The summed E-state index contributed by atoms with van der Waals surface area (Å²) in [6, 6.07) is 10.7. The van der Waals surface area contributed by atoms with E-state index in [-0.39, 0.29) is 6.10 Å². The van der Waals surface area contributed by atoms with E-state index >= 15 is 0 Å². The number of ether oxygens (including phenoxy) is 1. The highest BCUT2D eigenvalue weighted by Crippen LogP contribution is 2.15. The number of piperazine rings is 1. The third kappa shape index (κ3) is 5.90. The van der Waals surface area contributed by atoms with Crippen molar-refractivity contribution < 1.29 is 4.74 Å². The fraction of sp³-hybridized carbons (Fsp3) is 0.632. The highest BCUT2D eigenvalue weighted by Gasteiger charge is 2.16. The summed E-state index contributed by atoms with van der Waals surface area (Å²) < 4.78 is 5.55. The first-order chi connectivity index (χ1) is 12.3. The average Bonchev–Trinajstić information content (AvgIpc) is 3.18. The summed E-state index contributed by atoms with van der Waals surface area (Å²) in [6.45, 7) is 7.97. The van der Waals surface area contributed by atoms with Gasteiger partial charge in [-0.3, -0.25) is 9.89 Å². The number of hydrogen-bond donors (Lipinski definition) is 2. The number of rotatable bonds is 7. The van der Waals surface area contributed by atoms with Gasteiger partial charge in [-0.05, 0) is 37.9 Å². The Morgan fingerprint density at radius 3 is 2.72 bits per heavy atom. The first-order valence-electron chi connectivity index (χ1n) is 9.49. The lowest BCUT2D eigenvalue weighted by Crippen LogP contribution is -2.47. The second-order valence-electron chi connectivity index (χ2n) is 6.81. The topological polar surface area (TPSA) is 66.1 Å². The minimum atomic E-state index is 0.265. The lowest BCUT2D eigenvalue weighted by atomic mass is 10.2. The molecule has 6 heteroatoms. The Bertz CT molecular complexity index is 522. The standard InChI is InChI=1S/C19H31N5O/c20-19(22-16-18-8-4-15-25-18)21-9-5-10-23-11-13-24(14-12-23)17-6-2-1-3-7-17/h1-3,6-7,18H,4-5,8-16H2,(H3,20,21,22). The van der Waals surface area contributed by atoms with E-state index in [1.54, 1.807) is 0 Å². The quantitative estimate of drug-likeness (QED) is 0.443. The van der Waals surface area contributed by atoms with Gasteiger partial charge in [0.25, 0.3) is 0 Å². The molecule has 1 aromatic carbocycles. The number of nitrogens with two attached hydrogens (primary N) is 1. The van der Waals surface area contributed by atoms with Gasteiger partial charge < -0.3 is 20.7 Å². The van der Waals surface area contributed by atoms with Crippen molar-refractivity contribution in [1.82, 2.24) is 10.2 Å². The fourth-order valence-electron chi connectivity index (χ4n) is 3.43. The van der Waals surface area contributed by atoms with E-state index in [4.69, 9.17) is 10.5 Å². The molecule has 2 aliphatic heterocycles. The molecule has 1 atom stereocenters. The van der Waals surface area contributed by atoms with Crippen molar-refractivity contribution >= 4 is 11.6 Å². The maximum atomic E-state index is 5.92. The molecule has 1 aromatic rings. The van der Waals surface area contributed by atoms with Crippen LogP contribution in [0.25, 0.3) is 0 Å². The van der Waals surface area contributed by atoms with E-state index in [2.05, 4.69) is 50.4 Å². The van der Waals surface area contributed by atoms with Gasteiger partial charge in [-0.15, -0.1) is 0 Å². The van der Waals surface area contributed by atoms with Crippen molar-refractivity contribution in [3.8, 4) is 0 Å². The van der Waals surface area contributed by atoms with Crippen LogP contribution in [0.3, 0.4) is 0 Å². The van der Waals surface area contributed by atoms with Gasteiger partial charge in [-0.1, -0.05) is 18.2 Å². The Morgan fingerprint density at radius 2 is 2.00 bits per heavy atom. The third-order valence-electron chi connectivity index (χ3n) is 4.94. The van der Waals surface area contributed by atoms with Crippen LogP contribution in [0.4, 0.5) is 5.69 Å². The van der Waals surface area contributed by atoms with Crippen molar-refractivity contribution in [2.24, 2.45) is 10.7 Å². The molecule has 25 heavy (non-hydrogen) atoms. The van der Waals surface area contributed by atoms with Gasteiger partial charge in [-0.2, -0.15) is 0 Å². The molecule has 6 nitrogen and oxygen atoms in total. The molecule has 3 rings (SSSR count). The summed E-state index contributed by atoms with van der Waals surface area (Å²) in [5.41, 5.74) is 7.25. The zero-order valence-electron chi connectivity index (χ0n) is 15.1. The number of aliphatic imine (C=N–C) groups is 1. The lowest BCUT2D eigenvalue weighted by Gasteiger charge is -2.36. The number of hydrogen-bond acceptors (Lipinski definition) is 4. The van der Waals surface area contributed by atoms with Gasteiger partial charge in [-0.25, -0.2) is 0 Å². The van der Waals surface area contributed by atoms with Crippen molar-refractivity contribution in [1.29, 1.82) is 0 Å². The van der Waals surface area contributed by atoms with Crippen LogP contribution in [0, 0.1) is 0 Å². The molecule has 0 amide bonds. The Morgan fingerprint density at radius 1 is 1.20 bits per heavy atom. The third-order valence-corrected chi connectivity index (χ3v) is 4.94. The molecule has 0 saturated carbocycles. The number of para-hydroxylation sites is 1. The van der Waals surface area contributed by atoms with Gasteiger partial charge in [0.1, 0.15) is 0 Å². The molecule has 0 aromatic heterocycles. The van der Waals surface area contributed by atoms with Crippen LogP contribution >= 0.6 is 0 Å². The van der Waals surface area contributed by atoms with Gasteiger partial charge >= 0.3 is 0 Å². The zero-order chi connectivity index (χ0) is 17.3. The van der Waals surface area contributed by atoms with Crippen LogP contribution in [-0.4, -0.2) is 69.4 Å². The van der Waals surface area contributed by atoms with Crippen molar-refractivity contribution in [2.75, 3.05) is 57.3 Å². The van der Waals surface area contributed by atoms with E-state index in [9.17, 15) is 0 Å². The first-order valence-corrected chi connectivity index (χ1v) is 9.49. The Balaban J connectivity index is 1.26. The van der Waals surface area contributed by atoms with Crippen LogP contribution in [0.2, 0.25) is 0 Å². The van der Waals surface area contributed by atoms with Crippen LogP contribution in [-0.2, 0) is 4.74 Å². The molecule has 138 valence electrons. The smallest absolute Gasteiger partial charge is 0.188 e. The van der Waals surface area contributed by atoms with Crippen LogP contribution in [0.5, 0.6) is 0 Å². The Kier molecular flexibility index (Phi) is 6.94. The molecule has 0 radical (unpaired) electrons. The highest BCUT2D eigenvalue weighted by molar-refractivity contribution is 5.77. The molecule has 3 N–H and O–H groups in total. The van der Waals surface area contributed by atoms with Crippen molar-refractivity contribution in [2.45, 2.75) is 25.4 Å². The number of guanidine groups is 1. The van der Waals surface area contributed by atoms with Crippen LogP contribution in [0.1, 0.15) is 19.3 Å². The molecule has 0 aliphatic carbocycles. The average molecular weight is 345 g/mol. The SMILES string of the molecule is NC(=NCC1CCCO1)NCCCN1CCN(c2ccccc2)CC1. The largest absolute Gasteiger partial charge is 0.376 e. The first kappa shape index (κ1) is 18.0. The van der Waals surface area contributed by atoms with E-state index in [0.717, 1.165) is 65.1 Å². The predicted octanol–water partition coefficient (Wildman–Crippen LogP) is 1.28. The number of anilines is 1. The summed E-state index contributed by atoms with van der Waals surface area (Å²) in [7, 11) is 0. The summed E-state index contributed by atoms with van der Waals surface area (Å²) in [5.74, 6) is 0.546. The summed E-state index contributed by atoms with van der Waals surface area (Å²) >= 11 is 0. The molecular weight excluding hydrogens is 314 g/mol. The predicted molar refractivity (Wildman–Crippen MR) is 103 cm³/mol.